The van der Waals surface area contributed by atoms with Crippen molar-refractivity contribution in [3.05, 3.63) is 28.4 Å². The lowest BCUT2D eigenvalue weighted by Crippen LogP contribution is -1.99. The van der Waals surface area contributed by atoms with Gasteiger partial charge in [0.2, 0.25) is 0 Å². The summed E-state index contributed by atoms with van der Waals surface area (Å²) in [5, 5.41) is 6.73. The van der Waals surface area contributed by atoms with Crippen molar-refractivity contribution in [2.75, 3.05) is 13.2 Å². The number of nitrogens with one attached hydrogen (secondary N) is 1. The third kappa shape index (κ3) is 2.85. The van der Waals surface area contributed by atoms with Crippen LogP contribution in [0.1, 0.15) is 24.2 Å². The Morgan fingerprint density at radius 2 is 1.95 bits per heavy atom. The number of benzene rings is 1. The van der Waals surface area contributed by atoms with Crippen LogP contribution >= 0.6 is 15.9 Å². The highest BCUT2D eigenvalue weighted by molar-refractivity contribution is 9.10. The SMILES string of the molecule is CCOc1cc(OCC)c(-c2[nH]ncc2C=O)cc1Br. The maximum atomic E-state index is 11.0. The lowest BCUT2D eigenvalue weighted by Gasteiger charge is -2.13. The van der Waals surface area contributed by atoms with Gasteiger partial charge in [-0.1, -0.05) is 0 Å². The largest absolute Gasteiger partial charge is 0.493 e. The topological polar surface area (TPSA) is 64.2 Å². The number of aromatic amines is 1. The van der Waals surface area contributed by atoms with E-state index >= 15 is 0 Å². The highest BCUT2D eigenvalue weighted by Crippen LogP contribution is 2.39. The van der Waals surface area contributed by atoms with Crippen molar-refractivity contribution in [1.82, 2.24) is 10.2 Å². The standard InChI is InChI=1S/C14H15BrN2O3/c1-3-19-12-6-13(20-4-2)11(15)5-10(12)14-9(8-18)7-16-17-14/h5-8H,3-4H2,1-2H3,(H,16,17). The molecule has 0 unspecified atom stereocenters. The number of halogens is 1. The Morgan fingerprint density at radius 3 is 2.60 bits per heavy atom. The Kier molecular flexibility index (Phi) is 4.79. The van der Waals surface area contributed by atoms with Crippen LogP contribution in [0.4, 0.5) is 0 Å². The van der Waals surface area contributed by atoms with E-state index in [1.54, 1.807) is 0 Å². The fourth-order valence-electron chi connectivity index (χ4n) is 1.87. The van der Waals surface area contributed by atoms with Crippen LogP contribution in [0.5, 0.6) is 11.5 Å². The van der Waals surface area contributed by atoms with Crippen LogP contribution < -0.4 is 9.47 Å². The molecular formula is C14H15BrN2O3. The molecule has 0 aliphatic heterocycles. The molecule has 0 radical (unpaired) electrons. The van der Waals surface area contributed by atoms with Crippen molar-refractivity contribution in [1.29, 1.82) is 0 Å². The minimum atomic E-state index is 0.488. The van der Waals surface area contributed by atoms with E-state index < -0.39 is 0 Å². The number of aldehydes is 1. The quantitative estimate of drug-likeness (QED) is 0.819. The van der Waals surface area contributed by atoms with Gasteiger partial charge in [-0.3, -0.25) is 9.89 Å². The van der Waals surface area contributed by atoms with Crippen molar-refractivity contribution in [2.45, 2.75) is 13.8 Å². The zero-order valence-electron chi connectivity index (χ0n) is 11.3. The number of carbonyl (C=O) groups is 1. The van der Waals surface area contributed by atoms with Gasteiger partial charge in [0.25, 0.3) is 0 Å². The van der Waals surface area contributed by atoms with E-state index in [1.807, 2.05) is 26.0 Å². The first-order chi connectivity index (χ1) is 9.71. The molecule has 0 saturated carbocycles. The molecule has 6 heteroatoms. The lowest BCUT2D eigenvalue weighted by atomic mass is 10.1. The first-order valence-electron chi connectivity index (χ1n) is 6.29. The van der Waals surface area contributed by atoms with Crippen LogP contribution in [0.2, 0.25) is 0 Å². The molecule has 2 aromatic rings. The molecule has 106 valence electrons. The molecule has 1 N–H and O–H groups in total. The predicted octanol–water partition coefficient (Wildman–Crippen LogP) is 3.45. The van der Waals surface area contributed by atoms with Gasteiger partial charge in [0, 0.05) is 11.6 Å². The van der Waals surface area contributed by atoms with Gasteiger partial charge < -0.3 is 9.47 Å². The molecule has 0 aliphatic rings. The molecule has 0 aliphatic carbocycles. The predicted molar refractivity (Wildman–Crippen MR) is 79.4 cm³/mol. The van der Waals surface area contributed by atoms with E-state index in [9.17, 15) is 4.79 Å². The van der Waals surface area contributed by atoms with Gasteiger partial charge in [-0.25, -0.2) is 0 Å². The van der Waals surface area contributed by atoms with Crippen molar-refractivity contribution < 1.29 is 14.3 Å². The van der Waals surface area contributed by atoms with Crippen molar-refractivity contribution >= 4 is 22.2 Å². The second-order valence-electron chi connectivity index (χ2n) is 3.96. The number of aromatic nitrogens is 2. The molecule has 0 amide bonds. The number of ether oxygens (including phenoxy) is 2. The summed E-state index contributed by atoms with van der Waals surface area (Å²) in [7, 11) is 0. The monoisotopic (exact) mass is 338 g/mol. The minimum Gasteiger partial charge on any atom is -0.493 e. The number of hydrogen-bond donors (Lipinski definition) is 1. The average Bonchev–Trinajstić information content (AvgIpc) is 2.91. The average molecular weight is 339 g/mol. The Bertz CT molecular complexity index is 610. The molecule has 0 fully saturated rings. The summed E-state index contributed by atoms with van der Waals surface area (Å²) in [5.41, 5.74) is 1.89. The second-order valence-corrected chi connectivity index (χ2v) is 4.82. The van der Waals surface area contributed by atoms with Crippen LogP contribution in [-0.4, -0.2) is 29.7 Å². The number of nitrogens with zero attached hydrogens (tertiary/aromatic N) is 1. The van der Waals surface area contributed by atoms with Crippen LogP contribution in [-0.2, 0) is 0 Å². The first kappa shape index (κ1) is 14.6. The van der Waals surface area contributed by atoms with Crippen LogP contribution in [0.15, 0.2) is 22.8 Å². The zero-order valence-corrected chi connectivity index (χ0v) is 12.9. The van der Waals surface area contributed by atoms with Crippen LogP contribution in [0.25, 0.3) is 11.3 Å². The molecular weight excluding hydrogens is 324 g/mol. The third-order valence-electron chi connectivity index (χ3n) is 2.70. The molecule has 1 heterocycles. The molecule has 0 atom stereocenters. The summed E-state index contributed by atoms with van der Waals surface area (Å²) in [4.78, 5) is 11.0. The molecule has 2 rings (SSSR count). The van der Waals surface area contributed by atoms with E-state index in [0.29, 0.717) is 36.0 Å². The van der Waals surface area contributed by atoms with E-state index in [2.05, 4.69) is 26.1 Å². The summed E-state index contributed by atoms with van der Waals surface area (Å²) >= 11 is 3.46. The highest BCUT2D eigenvalue weighted by atomic mass is 79.9. The van der Waals surface area contributed by atoms with Gasteiger partial charge in [0.15, 0.2) is 6.29 Å². The van der Waals surface area contributed by atoms with E-state index in [-0.39, 0.29) is 0 Å². The summed E-state index contributed by atoms with van der Waals surface area (Å²) in [6.45, 7) is 4.90. The molecule has 5 nitrogen and oxygen atoms in total. The first-order valence-corrected chi connectivity index (χ1v) is 7.08. The Balaban J connectivity index is 2.56. The third-order valence-corrected chi connectivity index (χ3v) is 3.32. The Labute approximate surface area is 125 Å². The van der Waals surface area contributed by atoms with E-state index in [4.69, 9.17) is 9.47 Å². The normalized spacial score (nSPS) is 10.3. The van der Waals surface area contributed by atoms with E-state index in [0.717, 1.165) is 16.3 Å². The second kappa shape index (κ2) is 6.56. The van der Waals surface area contributed by atoms with Crippen molar-refractivity contribution in [3.8, 4) is 22.8 Å². The summed E-state index contributed by atoms with van der Waals surface area (Å²) in [6, 6.07) is 3.67. The molecule has 0 saturated heterocycles. The lowest BCUT2D eigenvalue weighted by molar-refractivity contribution is 0.112. The van der Waals surface area contributed by atoms with Gasteiger partial charge in [-0.15, -0.1) is 0 Å². The molecule has 1 aromatic heterocycles. The number of rotatable bonds is 6. The molecule has 20 heavy (non-hydrogen) atoms. The minimum absolute atomic E-state index is 0.488. The zero-order chi connectivity index (χ0) is 14.5. The van der Waals surface area contributed by atoms with Crippen molar-refractivity contribution in [3.63, 3.8) is 0 Å². The van der Waals surface area contributed by atoms with E-state index in [1.165, 1.54) is 6.20 Å². The molecule has 0 spiro atoms. The fraction of sp³-hybridized carbons (Fsp3) is 0.286. The maximum absolute atomic E-state index is 11.0. The number of H-pyrrole nitrogens is 1. The summed E-state index contributed by atoms with van der Waals surface area (Å²) in [6.07, 6.45) is 2.25. The van der Waals surface area contributed by atoms with Crippen LogP contribution in [0.3, 0.4) is 0 Å². The van der Waals surface area contributed by atoms with Gasteiger partial charge in [0.1, 0.15) is 11.5 Å². The summed E-state index contributed by atoms with van der Waals surface area (Å²) < 4.78 is 12.0. The Morgan fingerprint density at radius 1 is 1.25 bits per heavy atom. The van der Waals surface area contributed by atoms with Gasteiger partial charge in [-0.05, 0) is 35.8 Å². The van der Waals surface area contributed by atoms with Crippen LogP contribution in [0, 0.1) is 0 Å². The number of carbonyl (C=O) groups excluding carboxylic acids is 1. The number of hydrogen-bond acceptors (Lipinski definition) is 4. The fourth-order valence-corrected chi connectivity index (χ4v) is 2.33. The smallest absolute Gasteiger partial charge is 0.153 e. The van der Waals surface area contributed by atoms with Crippen molar-refractivity contribution in [2.24, 2.45) is 0 Å². The molecule has 1 aromatic carbocycles. The maximum Gasteiger partial charge on any atom is 0.153 e. The summed E-state index contributed by atoms with van der Waals surface area (Å²) in [5.74, 6) is 1.35. The van der Waals surface area contributed by atoms with Gasteiger partial charge in [-0.2, -0.15) is 5.10 Å². The van der Waals surface area contributed by atoms with Gasteiger partial charge in [0.05, 0.1) is 35.1 Å². The Hall–Kier alpha value is -1.82. The van der Waals surface area contributed by atoms with Gasteiger partial charge >= 0.3 is 0 Å². The molecule has 0 bridgehead atoms. The highest BCUT2D eigenvalue weighted by Gasteiger charge is 2.16.